The summed E-state index contributed by atoms with van der Waals surface area (Å²) in [5.74, 6) is -0.373. The second-order valence-corrected chi connectivity index (χ2v) is 9.72. The van der Waals surface area contributed by atoms with Gasteiger partial charge in [0.15, 0.2) is 15.2 Å². The van der Waals surface area contributed by atoms with Gasteiger partial charge in [-0.25, -0.2) is 8.42 Å². The summed E-state index contributed by atoms with van der Waals surface area (Å²) >= 11 is 0. The Morgan fingerprint density at radius 3 is 2.27 bits per heavy atom. The van der Waals surface area contributed by atoms with Crippen molar-refractivity contribution in [1.82, 2.24) is 0 Å². The summed E-state index contributed by atoms with van der Waals surface area (Å²) in [6.07, 6.45) is 3.50. The van der Waals surface area contributed by atoms with Crippen molar-refractivity contribution in [2.75, 3.05) is 12.8 Å². The molecule has 0 N–H and O–H groups in total. The third-order valence-electron chi connectivity index (χ3n) is 4.15. The highest BCUT2D eigenvalue weighted by molar-refractivity contribution is 7.92. The smallest absolute Gasteiger partial charge is 0.227 e. The van der Waals surface area contributed by atoms with Crippen molar-refractivity contribution in [2.45, 2.75) is 51.8 Å². The number of rotatable bonds is 6. The molecule has 1 saturated carbocycles. The van der Waals surface area contributed by atoms with Crippen LogP contribution in [0.5, 0.6) is 0 Å². The lowest BCUT2D eigenvalue weighted by Gasteiger charge is -2.40. The summed E-state index contributed by atoms with van der Waals surface area (Å²) < 4.78 is 53.8. The van der Waals surface area contributed by atoms with E-state index in [0.717, 1.165) is 19.3 Å². The molecule has 8 nitrogen and oxygen atoms in total. The average molecular weight is 352 g/mol. The minimum Gasteiger partial charge on any atom is -0.227 e. The first-order chi connectivity index (χ1) is 10.1. The van der Waals surface area contributed by atoms with Gasteiger partial charge < -0.3 is 0 Å². The first kappa shape index (κ1) is 19.1. The van der Waals surface area contributed by atoms with Gasteiger partial charge in [0, 0.05) is 11.7 Å². The molecule has 1 aliphatic rings. The number of hydrogen-bond donors (Lipinski definition) is 0. The van der Waals surface area contributed by atoms with E-state index in [1.807, 2.05) is 13.8 Å². The van der Waals surface area contributed by atoms with E-state index >= 15 is 0 Å². The molecule has 0 aromatic rings. The molecule has 0 aliphatic heterocycles. The fourth-order valence-corrected chi connectivity index (χ4v) is 4.91. The van der Waals surface area contributed by atoms with Gasteiger partial charge in [-0.3, -0.25) is 0 Å². The molecule has 22 heavy (non-hydrogen) atoms. The van der Waals surface area contributed by atoms with Crippen molar-refractivity contribution in [3.05, 3.63) is 0 Å². The summed E-state index contributed by atoms with van der Waals surface area (Å²) in [5.41, 5.74) is -0.236. The molecule has 10 heteroatoms. The summed E-state index contributed by atoms with van der Waals surface area (Å²) in [5, 5.41) is 5.66. The molecule has 0 spiro atoms. The highest BCUT2D eigenvalue weighted by Crippen LogP contribution is 2.44. The Morgan fingerprint density at radius 2 is 1.77 bits per heavy atom. The predicted molar refractivity (Wildman–Crippen MR) is 83.5 cm³/mol. The van der Waals surface area contributed by atoms with Crippen molar-refractivity contribution >= 4 is 20.0 Å². The van der Waals surface area contributed by atoms with Gasteiger partial charge in [-0.05, 0) is 27.3 Å². The van der Waals surface area contributed by atoms with E-state index in [1.54, 1.807) is 0 Å². The van der Waals surface area contributed by atoms with Crippen molar-refractivity contribution < 1.29 is 16.8 Å². The van der Waals surface area contributed by atoms with Gasteiger partial charge in [0.1, 0.15) is 0 Å². The van der Waals surface area contributed by atoms with E-state index in [9.17, 15) is 16.8 Å². The maximum absolute atomic E-state index is 12.4. The summed E-state index contributed by atoms with van der Waals surface area (Å²) in [6.45, 7) is 5.50. The first-order valence-corrected chi connectivity index (χ1v) is 10.4. The van der Waals surface area contributed by atoms with Crippen LogP contribution in [0.25, 0.3) is 0 Å². The van der Waals surface area contributed by atoms with Crippen molar-refractivity contribution in [1.29, 1.82) is 0 Å². The zero-order chi connectivity index (χ0) is 17.0. The van der Waals surface area contributed by atoms with E-state index in [4.69, 9.17) is 0 Å². The second-order valence-electron chi connectivity index (χ2n) is 6.11. The molecule has 2 unspecified atom stereocenters. The number of sulfone groups is 1. The molecule has 0 radical (unpaired) electrons. The Hall–Kier alpha value is -0.900. The van der Waals surface area contributed by atoms with Crippen LogP contribution >= 0.6 is 0 Å². The molecular formula is C12H24N4O4S2. The standard InChI is InChI=1S/C12H24N4O4S2/c1-5-21(17,18)11(14-16-22(19,20)15-13-4)10-8-6-7-9-12(10,2)3/h10-11H,5-9H2,1-4H3. The van der Waals surface area contributed by atoms with E-state index in [1.165, 1.54) is 14.0 Å². The maximum Gasteiger partial charge on any atom is 0.397 e. The largest absolute Gasteiger partial charge is 0.397 e. The van der Waals surface area contributed by atoms with Gasteiger partial charge in [-0.15, -0.1) is 0 Å². The van der Waals surface area contributed by atoms with E-state index in [0.29, 0.717) is 6.42 Å². The molecular weight excluding hydrogens is 328 g/mol. The fraction of sp³-hybridized carbons (Fsp3) is 1.00. The van der Waals surface area contributed by atoms with Crippen LogP contribution in [0.1, 0.15) is 46.5 Å². The lowest BCUT2D eigenvalue weighted by Crippen LogP contribution is -2.40. The Labute approximate surface area is 132 Å². The van der Waals surface area contributed by atoms with Gasteiger partial charge in [0.05, 0.1) is 7.05 Å². The van der Waals surface area contributed by atoms with Crippen molar-refractivity contribution in [3.8, 4) is 0 Å². The van der Waals surface area contributed by atoms with Crippen LogP contribution in [0.4, 0.5) is 0 Å². The van der Waals surface area contributed by atoms with Crippen LogP contribution in [0.3, 0.4) is 0 Å². The zero-order valence-electron chi connectivity index (χ0n) is 13.4. The van der Waals surface area contributed by atoms with Gasteiger partial charge in [-0.2, -0.15) is 18.6 Å². The number of hydrogen-bond acceptors (Lipinski definition) is 6. The molecule has 128 valence electrons. The quantitative estimate of drug-likeness (QED) is 0.683. The minimum atomic E-state index is -4.22. The maximum atomic E-state index is 12.4. The molecule has 0 aromatic heterocycles. The van der Waals surface area contributed by atoms with E-state index < -0.39 is 25.4 Å². The van der Waals surface area contributed by atoms with Gasteiger partial charge in [-0.1, -0.05) is 33.6 Å². The molecule has 0 bridgehead atoms. The average Bonchev–Trinajstić information content (AvgIpc) is 2.40. The predicted octanol–water partition coefficient (Wildman–Crippen LogP) is 2.74. The highest BCUT2D eigenvalue weighted by Gasteiger charge is 2.43. The lowest BCUT2D eigenvalue weighted by molar-refractivity contribution is 0.132. The molecule has 1 fully saturated rings. The Kier molecular flexibility index (Phi) is 6.19. The SMILES string of the molecule is CCS(=O)(=O)C(N=NS(=O)(=O)N=NC)C1CCCCC1(C)C. The zero-order valence-corrected chi connectivity index (χ0v) is 15.1. The highest BCUT2D eigenvalue weighted by atomic mass is 32.2. The summed E-state index contributed by atoms with van der Waals surface area (Å²) in [4.78, 5) is 0. The molecule has 0 aromatic carbocycles. The second kappa shape index (κ2) is 7.12. The molecule has 2 atom stereocenters. The lowest BCUT2D eigenvalue weighted by atomic mass is 9.69. The molecule has 0 saturated heterocycles. The topological polar surface area (TPSA) is 118 Å². The van der Waals surface area contributed by atoms with Crippen LogP contribution in [0.2, 0.25) is 0 Å². The van der Waals surface area contributed by atoms with Crippen LogP contribution in [-0.4, -0.2) is 35.0 Å². The fourth-order valence-electron chi connectivity index (χ4n) is 2.85. The summed E-state index contributed by atoms with van der Waals surface area (Å²) in [7, 11) is -6.59. The van der Waals surface area contributed by atoms with Gasteiger partial charge >= 0.3 is 10.2 Å². The van der Waals surface area contributed by atoms with Crippen LogP contribution in [0, 0.1) is 11.3 Å². The monoisotopic (exact) mass is 352 g/mol. The van der Waals surface area contributed by atoms with Crippen LogP contribution in [-0.2, 0) is 20.0 Å². The molecule has 1 rings (SSSR count). The van der Waals surface area contributed by atoms with Crippen molar-refractivity contribution in [3.63, 3.8) is 0 Å². The van der Waals surface area contributed by atoms with E-state index in [2.05, 4.69) is 19.3 Å². The van der Waals surface area contributed by atoms with Crippen LogP contribution < -0.4 is 0 Å². The van der Waals surface area contributed by atoms with Crippen molar-refractivity contribution in [2.24, 2.45) is 30.6 Å². The molecule has 1 aliphatic carbocycles. The van der Waals surface area contributed by atoms with Gasteiger partial charge in [0.25, 0.3) is 0 Å². The number of nitrogens with zero attached hydrogens (tertiary/aromatic N) is 4. The Balaban J connectivity index is 3.24. The van der Waals surface area contributed by atoms with Gasteiger partial charge in [0.2, 0.25) is 0 Å². The Bertz CT molecular complexity index is 638. The third kappa shape index (κ3) is 4.80. The third-order valence-corrected chi connectivity index (χ3v) is 6.79. The molecule has 0 heterocycles. The van der Waals surface area contributed by atoms with Crippen LogP contribution in [0.15, 0.2) is 19.3 Å². The summed E-state index contributed by atoms with van der Waals surface area (Å²) in [6, 6.07) is 0. The normalized spacial score (nSPS) is 24.8. The minimum absolute atomic E-state index is 0.112. The molecule has 0 amide bonds. The Morgan fingerprint density at radius 1 is 1.14 bits per heavy atom. The van der Waals surface area contributed by atoms with E-state index in [-0.39, 0.29) is 17.1 Å². The first-order valence-electron chi connectivity index (χ1n) is 7.25.